The zero-order chi connectivity index (χ0) is 9.10. The number of anilines is 1. The highest BCUT2D eigenvalue weighted by atomic mass is 32.1. The van der Waals surface area contributed by atoms with Crippen LogP contribution in [0.3, 0.4) is 0 Å². The van der Waals surface area contributed by atoms with Crippen LogP contribution in [-0.4, -0.2) is 29.1 Å². The molecular weight excluding hydrogens is 186 g/mol. The summed E-state index contributed by atoms with van der Waals surface area (Å²) in [6.45, 7) is 0.844. The van der Waals surface area contributed by atoms with E-state index >= 15 is 0 Å². The van der Waals surface area contributed by atoms with E-state index in [0.29, 0.717) is 12.0 Å². The third-order valence-electron chi connectivity index (χ3n) is 2.47. The Morgan fingerprint density at radius 2 is 2.62 bits per heavy atom. The Morgan fingerprint density at radius 3 is 3.15 bits per heavy atom. The minimum absolute atomic E-state index is 0.535. The summed E-state index contributed by atoms with van der Waals surface area (Å²) < 4.78 is 9.06. The second kappa shape index (κ2) is 4.02. The van der Waals surface area contributed by atoms with E-state index in [1.54, 1.807) is 13.4 Å². The normalized spacial score (nSPS) is 26.8. The van der Waals surface area contributed by atoms with Crippen molar-refractivity contribution < 1.29 is 4.74 Å². The summed E-state index contributed by atoms with van der Waals surface area (Å²) in [5, 5.41) is 4.28. The molecule has 2 rings (SSSR count). The van der Waals surface area contributed by atoms with Crippen molar-refractivity contribution in [1.82, 2.24) is 9.36 Å². The van der Waals surface area contributed by atoms with Crippen LogP contribution in [0.15, 0.2) is 6.33 Å². The van der Waals surface area contributed by atoms with E-state index in [9.17, 15) is 0 Å². The molecule has 1 aliphatic rings. The fourth-order valence-electron chi connectivity index (χ4n) is 1.57. The molecule has 72 valence electrons. The van der Waals surface area contributed by atoms with Crippen LogP contribution in [0.4, 0.5) is 5.13 Å². The van der Waals surface area contributed by atoms with Gasteiger partial charge in [-0.15, -0.1) is 0 Å². The van der Waals surface area contributed by atoms with Crippen molar-refractivity contribution >= 4 is 16.7 Å². The summed E-state index contributed by atoms with van der Waals surface area (Å²) in [5.74, 6) is 0.647. The fourth-order valence-corrected chi connectivity index (χ4v) is 2.06. The largest absolute Gasteiger partial charge is 0.384 e. The molecule has 1 aromatic rings. The van der Waals surface area contributed by atoms with Gasteiger partial charge in [-0.3, -0.25) is 0 Å². The van der Waals surface area contributed by atoms with Gasteiger partial charge in [-0.1, -0.05) is 0 Å². The maximum atomic E-state index is 5.12. The molecule has 4 nitrogen and oxygen atoms in total. The molecule has 0 unspecified atom stereocenters. The van der Waals surface area contributed by atoms with Gasteiger partial charge in [-0.25, -0.2) is 4.98 Å². The van der Waals surface area contributed by atoms with Gasteiger partial charge in [0.1, 0.15) is 6.33 Å². The molecule has 0 spiro atoms. The fraction of sp³-hybridized carbons (Fsp3) is 0.750. The first kappa shape index (κ1) is 8.90. The van der Waals surface area contributed by atoms with Gasteiger partial charge in [-0.05, 0) is 12.8 Å². The number of hydrogen-bond donors (Lipinski definition) is 1. The highest BCUT2D eigenvalue weighted by Crippen LogP contribution is 2.30. The SMILES string of the molecule is COC[C@H]1CC[C@H]1Nc1ncns1. The Bertz CT molecular complexity index is 252. The van der Waals surface area contributed by atoms with Crippen LogP contribution in [0.5, 0.6) is 0 Å². The smallest absolute Gasteiger partial charge is 0.202 e. The van der Waals surface area contributed by atoms with Gasteiger partial charge in [-0.2, -0.15) is 4.37 Å². The summed E-state index contributed by atoms with van der Waals surface area (Å²) in [5.41, 5.74) is 0. The second-order valence-corrected chi connectivity index (χ2v) is 4.07. The predicted molar refractivity (Wildman–Crippen MR) is 51.9 cm³/mol. The lowest BCUT2D eigenvalue weighted by atomic mass is 9.80. The Kier molecular flexibility index (Phi) is 2.75. The van der Waals surface area contributed by atoms with E-state index in [1.165, 1.54) is 24.4 Å². The maximum absolute atomic E-state index is 5.12. The lowest BCUT2D eigenvalue weighted by Gasteiger charge is -2.36. The molecule has 0 bridgehead atoms. The van der Waals surface area contributed by atoms with E-state index in [0.717, 1.165) is 11.7 Å². The maximum Gasteiger partial charge on any atom is 0.202 e. The average molecular weight is 199 g/mol. The second-order valence-electron chi connectivity index (χ2n) is 3.29. The number of hydrogen-bond acceptors (Lipinski definition) is 5. The van der Waals surface area contributed by atoms with Gasteiger partial charge < -0.3 is 10.1 Å². The van der Waals surface area contributed by atoms with Crippen LogP contribution in [-0.2, 0) is 4.74 Å². The highest BCUT2D eigenvalue weighted by molar-refractivity contribution is 7.09. The first-order valence-corrected chi connectivity index (χ1v) is 5.19. The average Bonchev–Trinajstić information content (AvgIpc) is 2.61. The van der Waals surface area contributed by atoms with Crippen molar-refractivity contribution in [2.45, 2.75) is 18.9 Å². The molecule has 1 heterocycles. The van der Waals surface area contributed by atoms with Crippen molar-refractivity contribution in [3.05, 3.63) is 6.33 Å². The molecule has 1 saturated carbocycles. The van der Waals surface area contributed by atoms with Gasteiger partial charge >= 0.3 is 0 Å². The number of methoxy groups -OCH3 is 1. The molecule has 5 heteroatoms. The van der Waals surface area contributed by atoms with Crippen LogP contribution < -0.4 is 5.32 Å². The standard InChI is InChI=1S/C8H13N3OS/c1-12-4-6-2-3-7(6)11-8-9-5-10-13-8/h5-7H,2-4H2,1H3,(H,9,10,11)/t6-,7-/m1/s1. The Balaban J connectivity index is 1.82. The minimum atomic E-state index is 0.535. The predicted octanol–water partition coefficient (Wildman–Crippen LogP) is 1.37. The van der Waals surface area contributed by atoms with Gasteiger partial charge in [0, 0.05) is 30.6 Å². The molecule has 0 aliphatic heterocycles. The van der Waals surface area contributed by atoms with E-state index in [-0.39, 0.29) is 0 Å². The van der Waals surface area contributed by atoms with Gasteiger partial charge in [0.05, 0.1) is 6.61 Å². The number of rotatable bonds is 4. The third kappa shape index (κ3) is 1.97. The number of aromatic nitrogens is 2. The first-order chi connectivity index (χ1) is 6.40. The van der Waals surface area contributed by atoms with Gasteiger partial charge in [0.25, 0.3) is 0 Å². The molecule has 1 aromatic heterocycles. The van der Waals surface area contributed by atoms with Crippen LogP contribution in [0.25, 0.3) is 0 Å². The van der Waals surface area contributed by atoms with E-state index in [2.05, 4.69) is 14.7 Å². The molecule has 0 aromatic carbocycles. The molecular formula is C8H13N3OS. The number of nitrogens with zero attached hydrogens (tertiary/aromatic N) is 2. The van der Waals surface area contributed by atoms with E-state index < -0.39 is 0 Å². The lowest BCUT2D eigenvalue weighted by Crippen LogP contribution is -2.40. The Labute approximate surface area is 81.5 Å². The molecule has 1 fully saturated rings. The van der Waals surface area contributed by atoms with Crippen molar-refractivity contribution in [3.63, 3.8) is 0 Å². The van der Waals surface area contributed by atoms with Crippen molar-refractivity contribution in [1.29, 1.82) is 0 Å². The van der Waals surface area contributed by atoms with Crippen molar-refractivity contribution in [2.24, 2.45) is 5.92 Å². The highest BCUT2D eigenvalue weighted by Gasteiger charge is 2.30. The summed E-state index contributed by atoms with van der Waals surface area (Å²) in [7, 11) is 1.75. The van der Waals surface area contributed by atoms with Gasteiger partial charge in [0.15, 0.2) is 0 Å². The Morgan fingerprint density at radius 1 is 1.69 bits per heavy atom. The van der Waals surface area contributed by atoms with Crippen LogP contribution in [0, 0.1) is 5.92 Å². The Hall–Kier alpha value is -0.680. The van der Waals surface area contributed by atoms with Crippen LogP contribution in [0.2, 0.25) is 0 Å². The molecule has 13 heavy (non-hydrogen) atoms. The molecule has 1 N–H and O–H groups in total. The third-order valence-corrected chi connectivity index (χ3v) is 3.06. The zero-order valence-electron chi connectivity index (χ0n) is 7.56. The quantitative estimate of drug-likeness (QED) is 0.795. The van der Waals surface area contributed by atoms with Gasteiger partial charge in [0.2, 0.25) is 5.13 Å². The number of nitrogens with one attached hydrogen (secondary N) is 1. The van der Waals surface area contributed by atoms with Crippen LogP contribution in [0.1, 0.15) is 12.8 Å². The van der Waals surface area contributed by atoms with E-state index in [4.69, 9.17) is 4.74 Å². The lowest BCUT2D eigenvalue weighted by molar-refractivity contribution is 0.101. The topological polar surface area (TPSA) is 47.0 Å². The summed E-state index contributed by atoms with van der Waals surface area (Å²) in [6.07, 6.45) is 4.05. The van der Waals surface area contributed by atoms with Crippen molar-refractivity contribution in [2.75, 3.05) is 19.0 Å². The molecule has 0 radical (unpaired) electrons. The molecule has 0 saturated heterocycles. The summed E-state index contributed by atoms with van der Waals surface area (Å²) >= 11 is 1.41. The van der Waals surface area contributed by atoms with E-state index in [1.807, 2.05) is 0 Å². The van der Waals surface area contributed by atoms with Crippen LogP contribution >= 0.6 is 11.5 Å². The monoisotopic (exact) mass is 199 g/mol. The minimum Gasteiger partial charge on any atom is -0.384 e. The number of ether oxygens (including phenoxy) is 1. The van der Waals surface area contributed by atoms with Crippen molar-refractivity contribution in [3.8, 4) is 0 Å². The molecule has 2 atom stereocenters. The first-order valence-electron chi connectivity index (χ1n) is 4.42. The summed E-state index contributed by atoms with van der Waals surface area (Å²) in [6, 6.07) is 0.535. The zero-order valence-corrected chi connectivity index (χ0v) is 8.38. The molecule has 0 amide bonds. The summed E-state index contributed by atoms with van der Waals surface area (Å²) in [4.78, 5) is 4.09. The molecule has 1 aliphatic carbocycles.